The van der Waals surface area contributed by atoms with Gasteiger partial charge in [-0.1, -0.05) is 13.8 Å². The van der Waals surface area contributed by atoms with Crippen molar-refractivity contribution >= 4 is 72.8 Å². The van der Waals surface area contributed by atoms with Crippen LogP contribution >= 0.6 is 72.8 Å². The maximum absolute atomic E-state index is 5.00. The molecule has 0 aliphatic carbocycles. The van der Waals surface area contributed by atoms with Gasteiger partial charge in [0.1, 0.15) is 0 Å². The lowest BCUT2D eigenvalue weighted by molar-refractivity contribution is 1.51. The number of hydrogen-bond acceptors (Lipinski definition) is 0. The van der Waals surface area contributed by atoms with Gasteiger partial charge in [0.25, 0.3) is 0 Å². The van der Waals surface area contributed by atoms with Crippen molar-refractivity contribution in [3.05, 3.63) is 0 Å². The molecule has 0 saturated heterocycles. The lowest BCUT2D eigenvalue weighted by Gasteiger charge is -1.45. The molecule has 0 aliphatic rings. The molecule has 0 aliphatic heterocycles. The summed E-state index contributed by atoms with van der Waals surface area (Å²) in [5, 5.41) is 0. The molecular formula is C4H14Cl6. The molecule has 0 bridgehead atoms. The first-order chi connectivity index (χ1) is 2.83. The first-order valence-electron chi connectivity index (χ1n) is 1.95. The highest BCUT2D eigenvalue weighted by Gasteiger charge is 1.38. The lowest BCUT2D eigenvalue weighted by Crippen LogP contribution is -1.36. The molecule has 0 saturated carbocycles. The summed E-state index contributed by atoms with van der Waals surface area (Å²) in [5.41, 5.74) is 0. The highest BCUT2D eigenvalue weighted by molar-refractivity contribution is 6.17. The van der Waals surface area contributed by atoms with Crippen molar-refractivity contribution in [3.8, 4) is 0 Å². The second-order valence-electron chi connectivity index (χ2n) is 0.535. The van der Waals surface area contributed by atoms with E-state index in [0.717, 1.165) is 11.8 Å². The topological polar surface area (TPSA) is 0 Å². The van der Waals surface area contributed by atoms with E-state index in [2.05, 4.69) is 0 Å². The molecule has 0 aromatic carbocycles. The van der Waals surface area contributed by atoms with Crippen molar-refractivity contribution in [1.29, 1.82) is 0 Å². The Bertz CT molecular complexity index is 11.7. The van der Waals surface area contributed by atoms with Crippen LogP contribution in [-0.4, -0.2) is 11.8 Å². The molecule has 0 rings (SSSR count). The zero-order valence-electron chi connectivity index (χ0n) is 5.80. The van der Waals surface area contributed by atoms with Gasteiger partial charge >= 0.3 is 0 Å². The Kier molecular flexibility index (Phi) is 299. The molecule has 0 aromatic heterocycles. The van der Waals surface area contributed by atoms with Crippen molar-refractivity contribution in [2.45, 2.75) is 13.8 Å². The Hall–Kier alpha value is 1.74. The average molecular weight is 275 g/mol. The summed E-state index contributed by atoms with van der Waals surface area (Å²) in [6.07, 6.45) is 0. The SMILES string of the molecule is CCCl.CCCl.Cl.Cl.Cl.Cl. The van der Waals surface area contributed by atoms with Gasteiger partial charge in [-0.3, -0.25) is 0 Å². The fourth-order valence-corrected chi connectivity index (χ4v) is 0. The standard InChI is InChI=1S/2C2H5Cl.4ClH/c2*1-2-3;;;;/h2*2H2,1H3;4*1H. The third-order valence-electron chi connectivity index (χ3n) is 0. The molecule has 0 nitrogen and oxygen atoms in total. The van der Waals surface area contributed by atoms with Gasteiger partial charge in [0.2, 0.25) is 0 Å². The van der Waals surface area contributed by atoms with Crippen LogP contribution in [0.15, 0.2) is 0 Å². The summed E-state index contributed by atoms with van der Waals surface area (Å²) in [7, 11) is 0. The number of hydrogen-bond donors (Lipinski definition) is 0. The molecule has 0 unspecified atom stereocenters. The molecule has 6 heteroatoms. The third-order valence-corrected chi connectivity index (χ3v) is 0. The molecule has 0 N–H and O–H groups in total. The number of rotatable bonds is 0. The highest BCUT2D eigenvalue weighted by Crippen LogP contribution is 1.60. The second kappa shape index (κ2) is 72.8. The van der Waals surface area contributed by atoms with Crippen molar-refractivity contribution in [2.75, 3.05) is 11.8 Å². The van der Waals surface area contributed by atoms with Crippen molar-refractivity contribution < 1.29 is 0 Å². The van der Waals surface area contributed by atoms with Crippen LogP contribution in [0.5, 0.6) is 0 Å². The molecule has 72 valence electrons. The summed E-state index contributed by atoms with van der Waals surface area (Å²) in [5.74, 6) is 1.44. The van der Waals surface area contributed by atoms with Gasteiger partial charge in [-0.05, 0) is 0 Å². The van der Waals surface area contributed by atoms with Crippen LogP contribution < -0.4 is 0 Å². The van der Waals surface area contributed by atoms with E-state index in [1.165, 1.54) is 0 Å². The summed E-state index contributed by atoms with van der Waals surface area (Å²) in [6.45, 7) is 3.78. The van der Waals surface area contributed by atoms with E-state index < -0.39 is 0 Å². The molecule has 10 heavy (non-hydrogen) atoms. The fraction of sp³-hybridized carbons (Fsp3) is 1.00. The van der Waals surface area contributed by atoms with E-state index in [4.69, 9.17) is 23.2 Å². The molecular weight excluding hydrogens is 261 g/mol. The van der Waals surface area contributed by atoms with Gasteiger partial charge in [0.15, 0.2) is 0 Å². The zero-order valence-corrected chi connectivity index (χ0v) is 10.6. The van der Waals surface area contributed by atoms with E-state index in [1.54, 1.807) is 0 Å². The monoisotopic (exact) mass is 272 g/mol. The summed E-state index contributed by atoms with van der Waals surface area (Å²) in [6, 6.07) is 0. The Morgan fingerprint density at radius 1 is 0.700 bits per heavy atom. The predicted molar refractivity (Wildman–Crippen MR) is 61.8 cm³/mol. The van der Waals surface area contributed by atoms with Gasteiger partial charge in [-0.2, -0.15) is 0 Å². The molecule has 0 heterocycles. The van der Waals surface area contributed by atoms with Gasteiger partial charge in [-0.15, -0.1) is 72.8 Å². The summed E-state index contributed by atoms with van der Waals surface area (Å²) in [4.78, 5) is 0. The van der Waals surface area contributed by atoms with Crippen LogP contribution in [0, 0.1) is 0 Å². The van der Waals surface area contributed by atoms with Crippen molar-refractivity contribution in [1.82, 2.24) is 0 Å². The van der Waals surface area contributed by atoms with Crippen LogP contribution in [0.1, 0.15) is 13.8 Å². The van der Waals surface area contributed by atoms with Crippen LogP contribution in [0.25, 0.3) is 0 Å². The van der Waals surface area contributed by atoms with E-state index in [0.29, 0.717) is 0 Å². The predicted octanol–water partition coefficient (Wildman–Crippen LogP) is 4.18. The van der Waals surface area contributed by atoms with E-state index >= 15 is 0 Å². The quantitative estimate of drug-likeness (QED) is 0.582. The summed E-state index contributed by atoms with van der Waals surface area (Å²) >= 11 is 10.00. The normalized spacial score (nSPS) is 3.60. The van der Waals surface area contributed by atoms with Crippen LogP contribution in [0.3, 0.4) is 0 Å². The van der Waals surface area contributed by atoms with Gasteiger partial charge in [0.05, 0.1) is 0 Å². The number of halogens is 6. The first-order valence-corrected chi connectivity index (χ1v) is 3.02. The Morgan fingerprint density at radius 3 is 0.700 bits per heavy atom. The van der Waals surface area contributed by atoms with Crippen LogP contribution in [-0.2, 0) is 0 Å². The van der Waals surface area contributed by atoms with E-state index in [9.17, 15) is 0 Å². The highest BCUT2D eigenvalue weighted by atomic mass is 35.5. The molecule has 0 spiro atoms. The molecule has 0 amide bonds. The lowest BCUT2D eigenvalue weighted by atomic mass is 11.0. The van der Waals surface area contributed by atoms with Gasteiger partial charge in [0, 0.05) is 11.8 Å². The molecule has 0 aromatic rings. The van der Waals surface area contributed by atoms with Crippen molar-refractivity contribution in [3.63, 3.8) is 0 Å². The minimum atomic E-state index is 0. The van der Waals surface area contributed by atoms with Gasteiger partial charge in [-0.25, -0.2) is 0 Å². The smallest absolute Gasteiger partial charge is 0.0195 e. The minimum Gasteiger partial charge on any atom is -0.147 e. The van der Waals surface area contributed by atoms with Gasteiger partial charge < -0.3 is 0 Å². The average Bonchev–Trinajstić information content (AvgIpc) is 1.39. The fourth-order valence-electron chi connectivity index (χ4n) is 0. The minimum absolute atomic E-state index is 0. The summed E-state index contributed by atoms with van der Waals surface area (Å²) < 4.78 is 0. The molecule has 0 radical (unpaired) electrons. The Labute approximate surface area is 98.1 Å². The Morgan fingerprint density at radius 2 is 0.700 bits per heavy atom. The number of alkyl halides is 2. The van der Waals surface area contributed by atoms with E-state index in [1.807, 2.05) is 13.8 Å². The van der Waals surface area contributed by atoms with Crippen LogP contribution in [0.2, 0.25) is 0 Å². The third kappa shape index (κ3) is 246. The molecule has 0 atom stereocenters. The second-order valence-corrected chi connectivity index (χ2v) is 1.60. The maximum atomic E-state index is 5.00. The first kappa shape index (κ1) is 41.1. The molecule has 0 fully saturated rings. The Balaban J connectivity index is -0.00000000571. The van der Waals surface area contributed by atoms with Crippen molar-refractivity contribution in [2.24, 2.45) is 0 Å². The zero-order chi connectivity index (χ0) is 5.41. The van der Waals surface area contributed by atoms with E-state index in [-0.39, 0.29) is 49.6 Å². The maximum Gasteiger partial charge on any atom is 0.0195 e. The van der Waals surface area contributed by atoms with Crippen LogP contribution in [0.4, 0.5) is 0 Å². The largest absolute Gasteiger partial charge is 0.147 e.